The zero-order chi connectivity index (χ0) is 14.1. The SMILES string of the molecule is C=CCNC(=NCc1ccsc1)NCC(=O)N(C)C.I. The zero-order valence-electron chi connectivity index (χ0n) is 11.8. The van der Waals surface area contributed by atoms with Crippen LogP contribution in [-0.2, 0) is 11.3 Å². The molecular weight excluding hydrogens is 387 g/mol. The molecule has 0 atom stereocenters. The second-order valence-electron chi connectivity index (χ2n) is 4.11. The number of hydrogen-bond donors (Lipinski definition) is 2. The van der Waals surface area contributed by atoms with Crippen molar-refractivity contribution < 1.29 is 4.79 Å². The fourth-order valence-electron chi connectivity index (χ4n) is 1.21. The highest BCUT2D eigenvalue weighted by molar-refractivity contribution is 14.0. The summed E-state index contributed by atoms with van der Waals surface area (Å²) in [6.07, 6.45) is 1.75. The number of guanidine groups is 1. The first-order valence-electron chi connectivity index (χ1n) is 5.97. The van der Waals surface area contributed by atoms with Crippen molar-refractivity contribution in [3.05, 3.63) is 35.0 Å². The molecule has 0 aromatic carbocycles. The highest BCUT2D eigenvalue weighted by Crippen LogP contribution is 2.06. The first-order valence-corrected chi connectivity index (χ1v) is 6.92. The van der Waals surface area contributed by atoms with E-state index in [9.17, 15) is 4.79 Å². The molecule has 20 heavy (non-hydrogen) atoms. The quantitative estimate of drug-likeness (QED) is 0.326. The van der Waals surface area contributed by atoms with Crippen LogP contribution in [0.4, 0.5) is 0 Å². The molecule has 0 saturated carbocycles. The predicted molar refractivity (Wildman–Crippen MR) is 95.8 cm³/mol. The molecule has 5 nitrogen and oxygen atoms in total. The Balaban J connectivity index is 0.00000361. The van der Waals surface area contributed by atoms with Crippen LogP contribution in [-0.4, -0.2) is 44.0 Å². The maximum atomic E-state index is 11.5. The van der Waals surface area contributed by atoms with Crippen LogP contribution in [0.1, 0.15) is 5.56 Å². The van der Waals surface area contributed by atoms with Crippen molar-refractivity contribution in [2.45, 2.75) is 6.54 Å². The van der Waals surface area contributed by atoms with E-state index >= 15 is 0 Å². The first-order chi connectivity index (χ1) is 9.13. The van der Waals surface area contributed by atoms with Crippen LogP contribution in [0.2, 0.25) is 0 Å². The van der Waals surface area contributed by atoms with Gasteiger partial charge in [0.2, 0.25) is 5.91 Å². The summed E-state index contributed by atoms with van der Waals surface area (Å²) in [6.45, 7) is 5.06. The summed E-state index contributed by atoms with van der Waals surface area (Å²) >= 11 is 1.64. The third-order valence-corrected chi connectivity index (χ3v) is 3.05. The number of hydrogen-bond acceptors (Lipinski definition) is 3. The maximum Gasteiger partial charge on any atom is 0.241 e. The van der Waals surface area contributed by atoms with E-state index in [-0.39, 0.29) is 36.4 Å². The highest BCUT2D eigenvalue weighted by atomic mass is 127. The van der Waals surface area contributed by atoms with Gasteiger partial charge >= 0.3 is 0 Å². The van der Waals surface area contributed by atoms with Crippen LogP contribution in [0.3, 0.4) is 0 Å². The summed E-state index contributed by atoms with van der Waals surface area (Å²) < 4.78 is 0. The molecule has 0 unspecified atom stereocenters. The Bertz CT molecular complexity index is 432. The Morgan fingerprint density at radius 2 is 2.25 bits per heavy atom. The number of nitrogens with zero attached hydrogens (tertiary/aromatic N) is 2. The molecule has 1 rings (SSSR count). The Morgan fingerprint density at radius 3 is 2.80 bits per heavy atom. The molecule has 0 radical (unpaired) electrons. The van der Waals surface area contributed by atoms with E-state index < -0.39 is 0 Å². The number of aliphatic imine (C=N–C) groups is 1. The van der Waals surface area contributed by atoms with Gasteiger partial charge in [0.25, 0.3) is 0 Å². The smallest absolute Gasteiger partial charge is 0.241 e. The van der Waals surface area contributed by atoms with Crippen molar-refractivity contribution in [3.63, 3.8) is 0 Å². The second-order valence-corrected chi connectivity index (χ2v) is 4.89. The molecule has 0 bridgehead atoms. The number of thiophene rings is 1. The number of amides is 1. The molecule has 2 N–H and O–H groups in total. The minimum absolute atomic E-state index is 0. The van der Waals surface area contributed by atoms with Gasteiger partial charge in [-0.15, -0.1) is 30.6 Å². The molecule has 1 aromatic heterocycles. The van der Waals surface area contributed by atoms with E-state index in [1.54, 1.807) is 31.5 Å². The monoisotopic (exact) mass is 408 g/mol. The summed E-state index contributed by atoms with van der Waals surface area (Å²) in [4.78, 5) is 17.5. The van der Waals surface area contributed by atoms with Gasteiger partial charge in [0.05, 0.1) is 13.1 Å². The second kappa shape index (κ2) is 10.7. The minimum Gasteiger partial charge on any atom is -0.353 e. The first kappa shape index (κ1) is 18.9. The molecule has 0 aliphatic rings. The Kier molecular flexibility index (Phi) is 10.1. The van der Waals surface area contributed by atoms with Gasteiger partial charge in [0, 0.05) is 20.6 Å². The normalized spacial score (nSPS) is 10.4. The summed E-state index contributed by atoms with van der Waals surface area (Å²) in [5.41, 5.74) is 1.16. The van der Waals surface area contributed by atoms with Crippen molar-refractivity contribution in [1.82, 2.24) is 15.5 Å². The average Bonchev–Trinajstić information content (AvgIpc) is 2.90. The number of likely N-dealkylation sites (N-methyl/N-ethyl adjacent to an activating group) is 1. The van der Waals surface area contributed by atoms with E-state index in [0.29, 0.717) is 19.0 Å². The van der Waals surface area contributed by atoms with Gasteiger partial charge in [-0.25, -0.2) is 4.99 Å². The van der Waals surface area contributed by atoms with E-state index in [1.807, 2.05) is 11.4 Å². The van der Waals surface area contributed by atoms with Crippen LogP contribution in [0.15, 0.2) is 34.5 Å². The number of halogens is 1. The molecule has 0 fully saturated rings. The van der Waals surface area contributed by atoms with E-state index in [1.165, 1.54) is 4.90 Å². The highest BCUT2D eigenvalue weighted by Gasteiger charge is 2.05. The van der Waals surface area contributed by atoms with E-state index in [4.69, 9.17) is 0 Å². The minimum atomic E-state index is 0. The number of carbonyl (C=O) groups is 1. The fourth-order valence-corrected chi connectivity index (χ4v) is 1.87. The number of nitrogens with one attached hydrogen (secondary N) is 2. The fraction of sp³-hybridized carbons (Fsp3) is 0.385. The summed E-state index contributed by atoms with van der Waals surface area (Å²) in [6, 6.07) is 2.03. The van der Waals surface area contributed by atoms with Gasteiger partial charge in [0.15, 0.2) is 5.96 Å². The van der Waals surface area contributed by atoms with Gasteiger partial charge in [-0.1, -0.05) is 6.08 Å². The zero-order valence-corrected chi connectivity index (χ0v) is 14.9. The van der Waals surface area contributed by atoms with E-state index in [2.05, 4.69) is 27.6 Å². The molecule has 1 amide bonds. The summed E-state index contributed by atoms with van der Waals surface area (Å²) in [5.74, 6) is 0.616. The van der Waals surface area contributed by atoms with Crippen LogP contribution in [0.5, 0.6) is 0 Å². The van der Waals surface area contributed by atoms with E-state index in [0.717, 1.165) is 5.56 Å². The average molecular weight is 408 g/mol. The van der Waals surface area contributed by atoms with Crippen LogP contribution in [0, 0.1) is 0 Å². The molecule has 7 heteroatoms. The summed E-state index contributed by atoms with van der Waals surface area (Å²) in [5, 5.41) is 10.2. The lowest BCUT2D eigenvalue weighted by Crippen LogP contribution is -2.43. The topological polar surface area (TPSA) is 56.7 Å². The Morgan fingerprint density at radius 1 is 1.50 bits per heavy atom. The molecule has 1 aromatic rings. The molecule has 0 aliphatic heterocycles. The number of rotatable bonds is 6. The lowest BCUT2D eigenvalue weighted by Gasteiger charge is -2.14. The molecule has 0 aliphatic carbocycles. The molecule has 112 valence electrons. The largest absolute Gasteiger partial charge is 0.353 e. The standard InChI is InChI=1S/C13H20N4OS.HI/c1-4-6-14-13(16-9-12(18)17(2)3)15-8-11-5-7-19-10-11;/h4-5,7,10H,1,6,8-9H2,2-3H3,(H2,14,15,16);1H. The maximum absolute atomic E-state index is 11.5. The van der Waals surface area contributed by atoms with Gasteiger partial charge in [0.1, 0.15) is 0 Å². The lowest BCUT2D eigenvalue weighted by atomic mass is 10.3. The van der Waals surface area contributed by atoms with Crippen molar-refractivity contribution in [3.8, 4) is 0 Å². The molecular formula is C13H21IN4OS. The molecule has 1 heterocycles. The van der Waals surface area contributed by atoms with Crippen molar-refractivity contribution in [1.29, 1.82) is 0 Å². The molecule has 0 saturated heterocycles. The van der Waals surface area contributed by atoms with Crippen LogP contribution in [0.25, 0.3) is 0 Å². The Hall–Kier alpha value is -1.09. The lowest BCUT2D eigenvalue weighted by molar-refractivity contribution is -0.127. The van der Waals surface area contributed by atoms with Gasteiger partial charge in [-0.05, 0) is 22.4 Å². The third-order valence-electron chi connectivity index (χ3n) is 2.32. The van der Waals surface area contributed by atoms with Crippen molar-refractivity contribution >= 4 is 47.2 Å². The third kappa shape index (κ3) is 7.49. The molecule has 0 spiro atoms. The van der Waals surface area contributed by atoms with Gasteiger partial charge < -0.3 is 15.5 Å². The van der Waals surface area contributed by atoms with Crippen LogP contribution >= 0.6 is 35.3 Å². The van der Waals surface area contributed by atoms with Gasteiger partial charge in [-0.3, -0.25) is 4.79 Å². The van der Waals surface area contributed by atoms with Crippen LogP contribution < -0.4 is 10.6 Å². The Labute approximate surface area is 141 Å². The van der Waals surface area contributed by atoms with Crippen molar-refractivity contribution in [2.24, 2.45) is 4.99 Å². The predicted octanol–water partition coefficient (Wildman–Crippen LogP) is 1.68. The number of carbonyl (C=O) groups excluding carboxylic acids is 1. The summed E-state index contributed by atoms with van der Waals surface area (Å²) in [7, 11) is 3.45. The van der Waals surface area contributed by atoms with Gasteiger partial charge in [-0.2, -0.15) is 11.3 Å². The van der Waals surface area contributed by atoms with Crippen molar-refractivity contribution in [2.75, 3.05) is 27.2 Å².